The summed E-state index contributed by atoms with van der Waals surface area (Å²) >= 11 is 0. The molecule has 8 heteroatoms. The van der Waals surface area contributed by atoms with Gasteiger partial charge in [0.15, 0.2) is 0 Å². The van der Waals surface area contributed by atoms with E-state index in [0.29, 0.717) is 19.0 Å². The lowest BCUT2D eigenvalue weighted by atomic mass is 9.63. The van der Waals surface area contributed by atoms with Gasteiger partial charge in [-0.25, -0.2) is 4.79 Å². The van der Waals surface area contributed by atoms with Crippen molar-refractivity contribution in [3.63, 3.8) is 0 Å². The number of nitrogens with zero attached hydrogens (tertiary/aromatic N) is 3. The molecule has 2 aliphatic carbocycles. The third kappa shape index (κ3) is 5.22. The average molecular weight is 512 g/mol. The van der Waals surface area contributed by atoms with Crippen LogP contribution >= 0.6 is 0 Å². The highest BCUT2D eigenvalue weighted by molar-refractivity contribution is 5.82. The molecule has 1 heterocycles. The van der Waals surface area contributed by atoms with Gasteiger partial charge in [-0.15, -0.1) is 0 Å². The zero-order valence-corrected chi connectivity index (χ0v) is 23.1. The number of urea groups is 1. The summed E-state index contributed by atoms with van der Waals surface area (Å²) in [5.74, 6) is 0.414. The fourth-order valence-corrected chi connectivity index (χ4v) is 6.60. The SMILES string of the molecule is CN(C)C(=O)CCNC(=O)CCN1C(=O)N(CC2CCC2)C2(CCC(N)(c3ccccc3)CC2)C1(C)C. The maximum atomic E-state index is 13.9. The molecule has 4 amide bonds. The molecule has 0 aromatic heterocycles. The Morgan fingerprint density at radius 2 is 1.68 bits per heavy atom. The molecule has 3 N–H and O–H groups in total. The Morgan fingerprint density at radius 3 is 2.24 bits per heavy atom. The number of carbonyl (C=O) groups excluding carboxylic acids is 3. The van der Waals surface area contributed by atoms with Crippen molar-refractivity contribution < 1.29 is 14.4 Å². The maximum absolute atomic E-state index is 13.9. The van der Waals surface area contributed by atoms with E-state index in [1.54, 1.807) is 14.1 Å². The second kappa shape index (κ2) is 10.6. The zero-order chi connectivity index (χ0) is 26.8. The molecule has 0 atom stereocenters. The summed E-state index contributed by atoms with van der Waals surface area (Å²) in [7, 11) is 3.41. The number of benzene rings is 1. The monoisotopic (exact) mass is 511 g/mol. The van der Waals surface area contributed by atoms with E-state index in [9.17, 15) is 14.4 Å². The molecule has 204 valence electrons. The minimum Gasteiger partial charge on any atom is -0.356 e. The summed E-state index contributed by atoms with van der Waals surface area (Å²) in [5, 5.41) is 2.84. The van der Waals surface area contributed by atoms with Crippen molar-refractivity contribution >= 4 is 17.8 Å². The van der Waals surface area contributed by atoms with Crippen LogP contribution in [-0.4, -0.2) is 77.4 Å². The summed E-state index contributed by atoms with van der Waals surface area (Å²) in [6.07, 6.45) is 7.43. The third-order valence-electron chi connectivity index (χ3n) is 9.50. The molecule has 1 spiro atoms. The first kappa shape index (κ1) is 27.4. The van der Waals surface area contributed by atoms with Gasteiger partial charge in [0, 0.05) is 52.1 Å². The summed E-state index contributed by atoms with van der Waals surface area (Å²) in [4.78, 5) is 43.9. The van der Waals surface area contributed by atoms with Gasteiger partial charge in [0.1, 0.15) is 0 Å². The minimum absolute atomic E-state index is 0.0199. The highest BCUT2D eigenvalue weighted by Crippen LogP contribution is 2.53. The summed E-state index contributed by atoms with van der Waals surface area (Å²) in [6.45, 7) is 5.81. The lowest BCUT2D eigenvalue weighted by Crippen LogP contribution is -2.63. The second-order valence-electron chi connectivity index (χ2n) is 12.1. The van der Waals surface area contributed by atoms with E-state index in [4.69, 9.17) is 5.73 Å². The van der Waals surface area contributed by atoms with Crippen LogP contribution in [0.25, 0.3) is 0 Å². The van der Waals surface area contributed by atoms with Crippen LogP contribution in [0.4, 0.5) is 4.79 Å². The number of hydrogen-bond donors (Lipinski definition) is 2. The Morgan fingerprint density at radius 1 is 1.03 bits per heavy atom. The Labute approximate surface area is 221 Å². The molecular weight excluding hydrogens is 466 g/mol. The Bertz CT molecular complexity index is 981. The predicted molar refractivity (Wildman–Crippen MR) is 145 cm³/mol. The minimum atomic E-state index is -0.424. The summed E-state index contributed by atoms with van der Waals surface area (Å²) in [6, 6.07) is 10.4. The van der Waals surface area contributed by atoms with Crippen LogP contribution in [0.1, 0.15) is 77.2 Å². The fourth-order valence-electron chi connectivity index (χ4n) is 6.60. The van der Waals surface area contributed by atoms with Gasteiger partial charge in [0.05, 0.1) is 11.1 Å². The van der Waals surface area contributed by atoms with E-state index < -0.39 is 5.54 Å². The van der Waals surface area contributed by atoms with E-state index >= 15 is 0 Å². The normalized spacial score (nSPS) is 27.3. The van der Waals surface area contributed by atoms with Gasteiger partial charge in [-0.1, -0.05) is 36.8 Å². The van der Waals surface area contributed by atoms with Gasteiger partial charge in [0.25, 0.3) is 0 Å². The third-order valence-corrected chi connectivity index (χ3v) is 9.50. The summed E-state index contributed by atoms with van der Waals surface area (Å²) < 4.78 is 0. The quantitative estimate of drug-likeness (QED) is 0.530. The van der Waals surface area contributed by atoms with Crippen molar-refractivity contribution in [3.8, 4) is 0 Å². The largest absolute Gasteiger partial charge is 0.356 e. The van der Waals surface area contributed by atoms with Crippen LogP contribution in [0.5, 0.6) is 0 Å². The molecule has 1 aromatic carbocycles. The Hall–Kier alpha value is -2.61. The average Bonchev–Trinajstić information content (AvgIpc) is 2.99. The standard InChI is InChI=1S/C29H45N5O3/c1-27(2)29(17-15-28(30,16-18-29)23-11-6-5-7-12-23)34(21-22-9-8-10-22)26(37)33(27)20-14-24(35)31-19-13-25(36)32(3)4/h5-7,11-12,22H,8-10,13-21,30H2,1-4H3,(H,31,35). The first-order valence-electron chi connectivity index (χ1n) is 13.9. The van der Waals surface area contributed by atoms with Gasteiger partial charge in [0.2, 0.25) is 11.8 Å². The lowest BCUT2D eigenvalue weighted by Gasteiger charge is -2.53. The topological polar surface area (TPSA) is 99.0 Å². The maximum Gasteiger partial charge on any atom is 0.321 e. The van der Waals surface area contributed by atoms with Crippen LogP contribution in [0.3, 0.4) is 0 Å². The van der Waals surface area contributed by atoms with Crippen LogP contribution in [0.15, 0.2) is 30.3 Å². The predicted octanol–water partition coefficient (Wildman–Crippen LogP) is 3.45. The van der Waals surface area contributed by atoms with Gasteiger partial charge in [-0.05, 0) is 63.9 Å². The second-order valence-corrected chi connectivity index (χ2v) is 12.1. The van der Waals surface area contributed by atoms with Crippen molar-refractivity contribution in [2.24, 2.45) is 11.7 Å². The van der Waals surface area contributed by atoms with Crippen molar-refractivity contribution in [2.75, 3.05) is 33.7 Å². The highest BCUT2D eigenvalue weighted by atomic mass is 16.2. The molecule has 0 radical (unpaired) electrons. The molecule has 2 saturated carbocycles. The van der Waals surface area contributed by atoms with Crippen LogP contribution in [0.2, 0.25) is 0 Å². The van der Waals surface area contributed by atoms with E-state index in [1.807, 2.05) is 23.1 Å². The number of nitrogens with one attached hydrogen (secondary N) is 1. The number of nitrogens with two attached hydrogens (primary N) is 1. The molecular formula is C29H45N5O3. The van der Waals surface area contributed by atoms with Crippen molar-refractivity contribution in [3.05, 3.63) is 35.9 Å². The van der Waals surface area contributed by atoms with Crippen molar-refractivity contribution in [2.45, 2.75) is 88.3 Å². The van der Waals surface area contributed by atoms with Gasteiger partial charge in [-0.3, -0.25) is 9.59 Å². The number of hydrogen-bond acceptors (Lipinski definition) is 4. The van der Waals surface area contributed by atoms with Crippen molar-refractivity contribution in [1.29, 1.82) is 0 Å². The number of amides is 4. The summed E-state index contributed by atoms with van der Waals surface area (Å²) in [5.41, 5.74) is 7.02. The molecule has 37 heavy (non-hydrogen) atoms. The molecule has 3 fully saturated rings. The molecule has 1 aromatic rings. The first-order valence-corrected chi connectivity index (χ1v) is 13.9. The zero-order valence-electron chi connectivity index (χ0n) is 23.1. The molecule has 4 rings (SSSR count). The Kier molecular flexibility index (Phi) is 7.88. The van der Waals surface area contributed by atoms with Gasteiger partial charge >= 0.3 is 6.03 Å². The molecule has 1 aliphatic heterocycles. The Balaban J connectivity index is 1.47. The van der Waals surface area contributed by atoms with E-state index in [1.165, 1.54) is 29.7 Å². The van der Waals surface area contributed by atoms with Crippen molar-refractivity contribution in [1.82, 2.24) is 20.0 Å². The van der Waals surface area contributed by atoms with Gasteiger partial charge < -0.3 is 25.8 Å². The van der Waals surface area contributed by atoms with Gasteiger partial charge in [-0.2, -0.15) is 0 Å². The molecule has 3 aliphatic rings. The first-order chi connectivity index (χ1) is 17.5. The van der Waals surface area contributed by atoms with E-state index in [-0.39, 0.29) is 41.8 Å². The number of rotatable bonds is 9. The molecule has 0 unspecified atom stereocenters. The fraction of sp³-hybridized carbons (Fsp3) is 0.690. The van der Waals surface area contributed by atoms with E-state index in [0.717, 1.165) is 32.2 Å². The van der Waals surface area contributed by atoms with Crippen LogP contribution in [-0.2, 0) is 15.1 Å². The molecule has 0 bridgehead atoms. The lowest BCUT2D eigenvalue weighted by molar-refractivity contribution is -0.128. The smallest absolute Gasteiger partial charge is 0.321 e. The molecule has 8 nitrogen and oxygen atoms in total. The highest BCUT2D eigenvalue weighted by Gasteiger charge is 2.63. The van der Waals surface area contributed by atoms with Crippen LogP contribution in [0, 0.1) is 5.92 Å². The molecule has 1 saturated heterocycles. The van der Waals surface area contributed by atoms with E-state index in [2.05, 4.69) is 36.2 Å². The number of carbonyl (C=O) groups is 3. The van der Waals surface area contributed by atoms with Crippen LogP contribution < -0.4 is 11.1 Å².